The lowest BCUT2D eigenvalue weighted by Crippen LogP contribution is -2.19. The first-order chi connectivity index (χ1) is 7.24. The second kappa shape index (κ2) is 4.49. The molecular weight excluding hydrogens is 188 g/mol. The van der Waals surface area contributed by atoms with Crippen molar-refractivity contribution in [3.05, 3.63) is 18.2 Å². The molecule has 1 unspecified atom stereocenters. The lowest BCUT2D eigenvalue weighted by Gasteiger charge is -2.12. The largest absolute Gasteiger partial charge is 0.384 e. The van der Waals surface area contributed by atoms with Gasteiger partial charge in [0.05, 0.1) is 0 Å². The van der Waals surface area contributed by atoms with E-state index in [0.717, 1.165) is 18.3 Å². The maximum Gasteiger partial charge on any atom is 0.128 e. The number of aromatic nitrogens is 1. The first kappa shape index (κ1) is 10.2. The Morgan fingerprint density at radius 1 is 1.60 bits per heavy atom. The molecule has 0 bridgehead atoms. The van der Waals surface area contributed by atoms with E-state index >= 15 is 0 Å². The van der Waals surface area contributed by atoms with Gasteiger partial charge in [0.2, 0.25) is 0 Å². The van der Waals surface area contributed by atoms with Gasteiger partial charge in [-0.25, -0.2) is 4.98 Å². The van der Waals surface area contributed by atoms with Gasteiger partial charge < -0.3 is 16.0 Å². The Bertz CT molecular complexity index is 326. The highest BCUT2D eigenvalue weighted by molar-refractivity contribution is 5.42. The molecule has 2 rings (SSSR count). The fourth-order valence-electron chi connectivity index (χ4n) is 1.99. The minimum absolute atomic E-state index is 0.573. The van der Waals surface area contributed by atoms with Crippen LogP contribution in [0.15, 0.2) is 18.2 Å². The summed E-state index contributed by atoms with van der Waals surface area (Å²) in [6.07, 6.45) is 1.27. The molecule has 1 saturated heterocycles. The van der Waals surface area contributed by atoms with Crippen LogP contribution in [-0.4, -0.2) is 36.6 Å². The SMILES string of the molecule is CN1CCC(CNc2cccc(N)n2)C1. The van der Waals surface area contributed by atoms with E-state index in [9.17, 15) is 0 Å². The Balaban J connectivity index is 1.83. The van der Waals surface area contributed by atoms with Gasteiger partial charge in [-0.1, -0.05) is 6.07 Å². The van der Waals surface area contributed by atoms with Gasteiger partial charge in [0.25, 0.3) is 0 Å². The van der Waals surface area contributed by atoms with Crippen LogP contribution in [0.2, 0.25) is 0 Å². The smallest absolute Gasteiger partial charge is 0.128 e. The predicted octanol–water partition coefficient (Wildman–Crippen LogP) is 1.03. The highest BCUT2D eigenvalue weighted by Crippen LogP contribution is 2.15. The van der Waals surface area contributed by atoms with Crippen LogP contribution in [0.25, 0.3) is 0 Å². The van der Waals surface area contributed by atoms with E-state index in [-0.39, 0.29) is 0 Å². The van der Waals surface area contributed by atoms with Crippen LogP contribution in [0.5, 0.6) is 0 Å². The molecule has 0 aliphatic carbocycles. The molecule has 1 atom stereocenters. The monoisotopic (exact) mass is 206 g/mol. The van der Waals surface area contributed by atoms with Crippen molar-refractivity contribution < 1.29 is 0 Å². The fourth-order valence-corrected chi connectivity index (χ4v) is 1.99. The van der Waals surface area contributed by atoms with Crippen molar-refractivity contribution in [1.29, 1.82) is 0 Å². The van der Waals surface area contributed by atoms with E-state index in [4.69, 9.17) is 5.73 Å². The summed E-state index contributed by atoms with van der Waals surface area (Å²) >= 11 is 0. The Morgan fingerprint density at radius 2 is 2.47 bits per heavy atom. The van der Waals surface area contributed by atoms with Crippen LogP contribution in [0.1, 0.15) is 6.42 Å². The van der Waals surface area contributed by atoms with Crippen molar-refractivity contribution in [2.45, 2.75) is 6.42 Å². The molecular formula is C11H18N4. The summed E-state index contributed by atoms with van der Waals surface area (Å²) < 4.78 is 0. The third-order valence-electron chi connectivity index (χ3n) is 2.83. The second-order valence-corrected chi connectivity index (χ2v) is 4.25. The second-order valence-electron chi connectivity index (χ2n) is 4.25. The van der Waals surface area contributed by atoms with Crippen molar-refractivity contribution in [3.8, 4) is 0 Å². The minimum atomic E-state index is 0.573. The number of likely N-dealkylation sites (tertiary alicyclic amines) is 1. The summed E-state index contributed by atoms with van der Waals surface area (Å²) in [6.45, 7) is 3.37. The Labute approximate surface area is 90.5 Å². The average Bonchev–Trinajstić information content (AvgIpc) is 2.62. The zero-order valence-electron chi connectivity index (χ0n) is 9.11. The highest BCUT2D eigenvalue weighted by atomic mass is 15.1. The van der Waals surface area contributed by atoms with E-state index in [2.05, 4.69) is 22.2 Å². The Hall–Kier alpha value is -1.29. The molecule has 1 aromatic rings. The molecule has 1 aromatic heterocycles. The summed E-state index contributed by atoms with van der Waals surface area (Å²) in [5.41, 5.74) is 5.61. The van der Waals surface area contributed by atoms with Gasteiger partial charge in [0, 0.05) is 13.1 Å². The molecule has 0 aromatic carbocycles. The molecule has 15 heavy (non-hydrogen) atoms. The number of nitrogens with two attached hydrogens (primary N) is 1. The Kier molecular flexibility index (Phi) is 3.06. The van der Waals surface area contributed by atoms with Crippen LogP contribution < -0.4 is 11.1 Å². The summed E-state index contributed by atoms with van der Waals surface area (Å²) in [5, 5.41) is 3.33. The third kappa shape index (κ3) is 2.83. The van der Waals surface area contributed by atoms with Crippen LogP contribution >= 0.6 is 0 Å². The first-order valence-corrected chi connectivity index (χ1v) is 5.39. The lowest BCUT2D eigenvalue weighted by molar-refractivity contribution is 0.399. The minimum Gasteiger partial charge on any atom is -0.384 e. The van der Waals surface area contributed by atoms with Crippen molar-refractivity contribution in [3.63, 3.8) is 0 Å². The van der Waals surface area contributed by atoms with Crippen LogP contribution in [0.4, 0.5) is 11.6 Å². The van der Waals surface area contributed by atoms with Gasteiger partial charge in [-0.15, -0.1) is 0 Å². The normalized spacial score (nSPS) is 21.8. The van der Waals surface area contributed by atoms with Crippen molar-refractivity contribution in [2.24, 2.45) is 5.92 Å². The Morgan fingerprint density at radius 3 is 3.13 bits per heavy atom. The van der Waals surface area contributed by atoms with Crippen molar-refractivity contribution >= 4 is 11.6 Å². The molecule has 1 fully saturated rings. The van der Waals surface area contributed by atoms with Gasteiger partial charge in [-0.3, -0.25) is 0 Å². The number of nitrogens with one attached hydrogen (secondary N) is 1. The van der Waals surface area contributed by atoms with Gasteiger partial charge >= 0.3 is 0 Å². The molecule has 4 heteroatoms. The lowest BCUT2D eigenvalue weighted by atomic mass is 10.1. The van der Waals surface area contributed by atoms with Gasteiger partial charge in [-0.2, -0.15) is 0 Å². The zero-order valence-corrected chi connectivity index (χ0v) is 9.11. The van der Waals surface area contributed by atoms with Crippen LogP contribution in [0.3, 0.4) is 0 Å². The molecule has 1 aliphatic rings. The average molecular weight is 206 g/mol. The summed E-state index contributed by atoms with van der Waals surface area (Å²) in [6, 6.07) is 5.68. The number of nitrogens with zero attached hydrogens (tertiary/aromatic N) is 2. The molecule has 3 N–H and O–H groups in total. The molecule has 1 aliphatic heterocycles. The number of pyridine rings is 1. The molecule has 2 heterocycles. The van der Waals surface area contributed by atoms with Gasteiger partial charge in [0.1, 0.15) is 11.6 Å². The van der Waals surface area contributed by atoms with E-state index in [1.54, 1.807) is 6.07 Å². The van der Waals surface area contributed by atoms with Crippen molar-refractivity contribution in [2.75, 3.05) is 37.7 Å². The van der Waals surface area contributed by atoms with Crippen molar-refractivity contribution in [1.82, 2.24) is 9.88 Å². The maximum atomic E-state index is 5.61. The zero-order chi connectivity index (χ0) is 10.7. The molecule has 0 spiro atoms. The van der Waals surface area contributed by atoms with Crippen LogP contribution in [-0.2, 0) is 0 Å². The highest BCUT2D eigenvalue weighted by Gasteiger charge is 2.18. The standard InChI is InChI=1S/C11H18N4/c1-15-6-5-9(8-15)7-13-11-4-2-3-10(12)14-11/h2-4,9H,5-8H2,1H3,(H3,12,13,14). The van der Waals surface area contributed by atoms with E-state index in [0.29, 0.717) is 5.82 Å². The van der Waals surface area contributed by atoms with Gasteiger partial charge in [0.15, 0.2) is 0 Å². The molecule has 4 nitrogen and oxygen atoms in total. The number of nitrogen functional groups attached to an aromatic ring is 1. The number of hydrogen-bond donors (Lipinski definition) is 2. The first-order valence-electron chi connectivity index (χ1n) is 5.39. The molecule has 0 radical (unpaired) electrons. The molecule has 82 valence electrons. The van der Waals surface area contributed by atoms with E-state index < -0.39 is 0 Å². The summed E-state index contributed by atoms with van der Waals surface area (Å²) in [5.74, 6) is 2.19. The number of anilines is 2. The maximum absolute atomic E-state index is 5.61. The molecule has 0 saturated carbocycles. The predicted molar refractivity (Wildman–Crippen MR) is 62.7 cm³/mol. The van der Waals surface area contributed by atoms with Crippen LogP contribution in [0, 0.1) is 5.92 Å². The quantitative estimate of drug-likeness (QED) is 0.775. The van der Waals surface area contributed by atoms with E-state index in [1.807, 2.05) is 12.1 Å². The summed E-state index contributed by atoms with van der Waals surface area (Å²) in [7, 11) is 2.17. The van der Waals surface area contributed by atoms with E-state index in [1.165, 1.54) is 19.5 Å². The third-order valence-corrected chi connectivity index (χ3v) is 2.83. The van der Waals surface area contributed by atoms with Gasteiger partial charge in [-0.05, 0) is 38.1 Å². The topological polar surface area (TPSA) is 54.2 Å². The summed E-state index contributed by atoms with van der Waals surface area (Å²) in [4.78, 5) is 6.57. The fraction of sp³-hybridized carbons (Fsp3) is 0.545. The molecule has 0 amide bonds. The number of rotatable bonds is 3. The number of hydrogen-bond acceptors (Lipinski definition) is 4.